The zero-order valence-electron chi connectivity index (χ0n) is 12.8. The Kier molecular flexibility index (Phi) is 5.43. The summed E-state index contributed by atoms with van der Waals surface area (Å²) in [5.41, 5.74) is 10.3. The van der Waals surface area contributed by atoms with E-state index in [4.69, 9.17) is 10.5 Å². The zero-order chi connectivity index (χ0) is 15.4. The van der Waals surface area contributed by atoms with Gasteiger partial charge in [0, 0.05) is 16.6 Å². The van der Waals surface area contributed by atoms with Crippen LogP contribution in [0, 0.1) is 6.92 Å². The number of benzene rings is 2. The summed E-state index contributed by atoms with van der Waals surface area (Å²) < 4.78 is 7.05. The molecule has 0 aliphatic carbocycles. The maximum absolute atomic E-state index is 6.01. The predicted molar refractivity (Wildman–Crippen MR) is 91.6 cm³/mol. The molecule has 0 unspecified atom stereocenters. The first-order valence-corrected chi connectivity index (χ1v) is 8.01. The molecule has 0 aliphatic heterocycles. The van der Waals surface area contributed by atoms with E-state index in [1.54, 1.807) is 0 Å². The van der Waals surface area contributed by atoms with E-state index in [-0.39, 0.29) is 0 Å². The highest BCUT2D eigenvalue weighted by Crippen LogP contribution is 2.26. The number of nitrogens with two attached hydrogens (primary N) is 1. The van der Waals surface area contributed by atoms with Crippen LogP contribution < -0.4 is 10.5 Å². The minimum atomic E-state index is 0.503. The van der Waals surface area contributed by atoms with Crippen LogP contribution in [-0.2, 0) is 13.2 Å². The van der Waals surface area contributed by atoms with E-state index in [0.717, 1.165) is 26.9 Å². The highest BCUT2D eigenvalue weighted by atomic mass is 79.9. The molecule has 0 spiro atoms. The molecular weight excluding hydrogens is 326 g/mol. The topological polar surface area (TPSA) is 35.2 Å². The molecule has 2 aromatic rings. The average molecular weight is 348 g/mol. The minimum absolute atomic E-state index is 0.503. The van der Waals surface area contributed by atoms with E-state index in [1.165, 1.54) is 5.56 Å². The van der Waals surface area contributed by atoms with E-state index < -0.39 is 0 Å². The highest BCUT2D eigenvalue weighted by molar-refractivity contribution is 9.10. The lowest BCUT2D eigenvalue weighted by Crippen LogP contribution is -2.01. The van der Waals surface area contributed by atoms with E-state index in [9.17, 15) is 0 Å². The van der Waals surface area contributed by atoms with Gasteiger partial charge < -0.3 is 10.5 Å². The molecule has 2 rings (SSSR count). The Labute approximate surface area is 135 Å². The fourth-order valence-electron chi connectivity index (χ4n) is 2.12. The van der Waals surface area contributed by atoms with E-state index >= 15 is 0 Å². The molecule has 2 N–H and O–H groups in total. The van der Waals surface area contributed by atoms with Crippen LogP contribution in [0.3, 0.4) is 0 Å². The van der Waals surface area contributed by atoms with Crippen molar-refractivity contribution in [1.29, 1.82) is 0 Å². The van der Waals surface area contributed by atoms with Crippen LogP contribution in [0.4, 0.5) is 0 Å². The number of ether oxygens (including phenoxy) is 1. The third-order valence-electron chi connectivity index (χ3n) is 3.62. The number of hydrogen-bond acceptors (Lipinski definition) is 2. The van der Waals surface area contributed by atoms with Crippen LogP contribution in [0.5, 0.6) is 5.75 Å². The maximum Gasteiger partial charge on any atom is 0.123 e. The summed E-state index contributed by atoms with van der Waals surface area (Å²) in [6.45, 7) is 7.56. The lowest BCUT2D eigenvalue weighted by molar-refractivity contribution is 0.303. The number of rotatable bonds is 5. The quantitative estimate of drug-likeness (QED) is 0.832. The van der Waals surface area contributed by atoms with Crippen molar-refractivity contribution < 1.29 is 4.74 Å². The van der Waals surface area contributed by atoms with Crippen molar-refractivity contribution >= 4 is 15.9 Å². The molecule has 0 amide bonds. The Hall–Kier alpha value is -1.32. The molecule has 3 heteroatoms. The smallest absolute Gasteiger partial charge is 0.123 e. The van der Waals surface area contributed by atoms with Crippen LogP contribution in [0.1, 0.15) is 42.0 Å². The Morgan fingerprint density at radius 2 is 1.90 bits per heavy atom. The largest absolute Gasteiger partial charge is 0.489 e. The molecule has 0 fully saturated rings. The number of halogens is 1. The molecule has 112 valence electrons. The minimum Gasteiger partial charge on any atom is -0.489 e. The van der Waals surface area contributed by atoms with Gasteiger partial charge in [-0.15, -0.1) is 0 Å². The molecule has 0 saturated carbocycles. The molecule has 0 aliphatic rings. The molecule has 0 atom stereocenters. The lowest BCUT2D eigenvalue weighted by atomic mass is 10.0. The molecule has 0 saturated heterocycles. The summed E-state index contributed by atoms with van der Waals surface area (Å²) >= 11 is 3.58. The normalized spacial score (nSPS) is 11.0. The van der Waals surface area contributed by atoms with Gasteiger partial charge in [-0.25, -0.2) is 0 Å². The molecular formula is C18H22BrNO. The molecule has 2 aromatic carbocycles. The van der Waals surface area contributed by atoms with Gasteiger partial charge in [-0.2, -0.15) is 0 Å². The van der Waals surface area contributed by atoms with E-state index in [0.29, 0.717) is 19.1 Å². The monoisotopic (exact) mass is 347 g/mol. The number of aryl methyl sites for hydroxylation is 1. The van der Waals surface area contributed by atoms with Gasteiger partial charge in [0.1, 0.15) is 12.4 Å². The van der Waals surface area contributed by atoms with Crippen LogP contribution in [0.2, 0.25) is 0 Å². The number of hydrogen-bond donors (Lipinski definition) is 1. The summed E-state index contributed by atoms with van der Waals surface area (Å²) in [7, 11) is 0. The van der Waals surface area contributed by atoms with Crippen LogP contribution >= 0.6 is 15.9 Å². The molecule has 0 bridgehead atoms. The van der Waals surface area contributed by atoms with Gasteiger partial charge in [-0.1, -0.05) is 54.0 Å². The van der Waals surface area contributed by atoms with Gasteiger partial charge in [0.25, 0.3) is 0 Å². The van der Waals surface area contributed by atoms with Gasteiger partial charge in [0.15, 0.2) is 0 Å². The standard InChI is InChI=1S/C18H22BrNO/c1-12(2)15-6-4-13(3)18(9-15)21-11-16-7-5-14(10-20)8-17(16)19/h4-9,12H,10-11,20H2,1-3H3. The van der Waals surface area contributed by atoms with Crippen molar-refractivity contribution in [3.8, 4) is 5.75 Å². The zero-order valence-corrected chi connectivity index (χ0v) is 14.4. The second-order valence-electron chi connectivity index (χ2n) is 5.60. The molecule has 0 aromatic heterocycles. The van der Waals surface area contributed by atoms with E-state index in [1.807, 2.05) is 6.07 Å². The van der Waals surface area contributed by atoms with Crippen molar-refractivity contribution in [1.82, 2.24) is 0 Å². The second kappa shape index (κ2) is 7.10. The summed E-state index contributed by atoms with van der Waals surface area (Å²) in [6, 6.07) is 12.6. The summed E-state index contributed by atoms with van der Waals surface area (Å²) in [4.78, 5) is 0. The fourth-order valence-corrected chi connectivity index (χ4v) is 2.66. The molecule has 0 heterocycles. The summed E-state index contributed by atoms with van der Waals surface area (Å²) in [6.07, 6.45) is 0. The molecule has 2 nitrogen and oxygen atoms in total. The average Bonchev–Trinajstić information content (AvgIpc) is 2.47. The first-order chi connectivity index (χ1) is 10.0. The van der Waals surface area contributed by atoms with Crippen LogP contribution in [0.15, 0.2) is 40.9 Å². The predicted octanol–water partition coefficient (Wildman–Crippen LogP) is 4.92. The first kappa shape index (κ1) is 16.1. The van der Waals surface area contributed by atoms with Crippen molar-refractivity contribution in [3.63, 3.8) is 0 Å². The van der Waals surface area contributed by atoms with Crippen molar-refractivity contribution in [3.05, 3.63) is 63.1 Å². The third-order valence-corrected chi connectivity index (χ3v) is 4.35. The first-order valence-electron chi connectivity index (χ1n) is 7.22. The van der Waals surface area contributed by atoms with E-state index in [2.05, 4.69) is 67.0 Å². The van der Waals surface area contributed by atoms with Crippen molar-refractivity contribution in [2.45, 2.75) is 39.8 Å². The molecule has 21 heavy (non-hydrogen) atoms. The molecule has 0 radical (unpaired) electrons. The Balaban J connectivity index is 2.14. The van der Waals surface area contributed by atoms with Gasteiger partial charge in [-0.05, 0) is 41.7 Å². The van der Waals surface area contributed by atoms with Gasteiger partial charge in [0.05, 0.1) is 0 Å². The highest BCUT2D eigenvalue weighted by Gasteiger charge is 2.07. The van der Waals surface area contributed by atoms with Crippen molar-refractivity contribution in [2.75, 3.05) is 0 Å². The third kappa shape index (κ3) is 4.08. The Bertz CT molecular complexity index is 623. The van der Waals surface area contributed by atoms with Gasteiger partial charge in [0.2, 0.25) is 0 Å². The summed E-state index contributed by atoms with van der Waals surface area (Å²) in [5.74, 6) is 1.46. The Morgan fingerprint density at radius 3 is 2.52 bits per heavy atom. The Morgan fingerprint density at radius 1 is 1.14 bits per heavy atom. The van der Waals surface area contributed by atoms with Crippen molar-refractivity contribution in [2.24, 2.45) is 5.73 Å². The van der Waals surface area contributed by atoms with Gasteiger partial charge >= 0.3 is 0 Å². The van der Waals surface area contributed by atoms with Crippen LogP contribution in [-0.4, -0.2) is 0 Å². The fraction of sp³-hybridized carbons (Fsp3) is 0.333. The van der Waals surface area contributed by atoms with Gasteiger partial charge in [-0.3, -0.25) is 0 Å². The summed E-state index contributed by atoms with van der Waals surface area (Å²) in [5, 5.41) is 0. The lowest BCUT2D eigenvalue weighted by Gasteiger charge is -2.14. The maximum atomic E-state index is 6.01. The van der Waals surface area contributed by atoms with Crippen LogP contribution in [0.25, 0.3) is 0 Å². The second-order valence-corrected chi connectivity index (χ2v) is 6.45. The SMILES string of the molecule is Cc1ccc(C(C)C)cc1OCc1ccc(CN)cc1Br.